The van der Waals surface area contributed by atoms with Crippen LogP contribution in [0.25, 0.3) is 0 Å². The number of nitrogens with one attached hydrogen (secondary N) is 1. The molecule has 4 nitrogen and oxygen atoms in total. The Hall–Kier alpha value is -2.70. The zero-order valence-corrected chi connectivity index (χ0v) is 12.7. The lowest BCUT2D eigenvalue weighted by molar-refractivity contribution is -0.121. The van der Waals surface area contributed by atoms with Gasteiger partial charge in [-0.1, -0.05) is 18.2 Å². The molecule has 7 heteroatoms. The van der Waals surface area contributed by atoms with Gasteiger partial charge < -0.3 is 14.8 Å². The molecule has 0 saturated heterocycles. The van der Waals surface area contributed by atoms with E-state index >= 15 is 0 Å². The molecule has 2 rings (SSSR count). The molecule has 2 aromatic rings. The van der Waals surface area contributed by atoms with Crippen LogP contribution in [-0.4, -0.2) is 19.1 Å². The van der Waals surface area contributed by atoms with Crippen LogP contribution >= 0.6 is 0 Å². The maximum Gasteiger partial charge on any atom is 0.387 e. The topological polar surface area (TPSA) is 47.6 Å². The van der Waals surface area contributed by atoms with E-state index in [1.807, 2.05) is 0 Å². The Kier molecular flexibility index (Phi) is 6.48. The van der Waals surface area contributed by atoms with Gasteiger partial charge in [-0.05, 0) is 30.3 Å². The molecule has 0 heterocycles. The summed E-state index contributed by atoms with van der Waals surface area (Å²) < 4.78 is 47.0. The van der Waals surface area contributed by atoms with Crippen molar-refractivity contribution in [2.24, 2.45) is 0 Å². The summed E-state index contributed by atoms with van der Waals surface area (Å²) in [5.74, 6) is -0.191. The number of hydrogen-bond donors (Lipinski definition) is 1. The van der Waals surface area contributed by atoms with Gasteiger partial charge in [0.25, 0.3) is 0 Å². The molecule has 128 valence electrons. The largest absolute Gasteiger partial charge is 0.493 e. The summed E-state index contributed by atoms with van der Waals surface area (Å²) in [5, 5.41) is 2.60. The standard InChI is InChI=1S/C17H16F3NO3/c18-13-5-7-14(8-6-13)23-10-9-16(22)21-11-12-3-1-2-4-15(12)24-17(19)20/h1-8,17H,9-11H2,(H,21,22). The van der Waals surface area contributed by atoms with Crippen LogP contribution in [0.15, 0.2) is 48.5 Å². The lowest BCUT2D eigenvalue weighted by Crippen LogP contribution is -2.24. The highest BCUT2D eigenvalue weighted by molar-refractivity contribution is 5.76. The number of hydrogen-bond acceptors (Lipinski definition) is 3. The SMILES string of the molecule is O=C(CCOc1ccc(F)cc1)NCc1ccccc1OC(F)F. The van der Waals surface area contributed by atoms with Crippen LogP contribution in [0.2, 0.25) is 0 Å². The van der Waals surface area contributed by atoms with Crippen LogP contribution in [0.3, 0.4) is 0 Å². The highest BCUT2D eigenvalue weighted by Crippen LogP contribution is 2.20. The molecule has 0 aliphatic carbocycles. The Morgan fingerprint density at radius 2 is 1.79 bits per heavy atom. The summed E-state index contributed by atoms with van der Waals surface area (Å²) in [5.41, 5.74) is 0.450. The van der Waals surface area contributed by atoms with Crippen molar-refractivity contribution in [3.05, 3.63) is 59.9 Å². The molecule has 0 aliphatic heterocycles. The summed E-state index contributed by atoms with van der Waals surface area (Å²) in [6.45, 7) is -2.74. The lowest BCUT2D eigenvalue weighted by atomic mass is 10.2. The summed E-state index contributed by atoms with van der Waals surface area (Å²) in [7, 11) is 0. The third kappa shape index (κ3) is 5.83. The Balaban J connectivity index is 1.76. The normalized spacial score (nSPS) is 10.5. The van der Waals surface area contributed by atoms with Gasteiger partial charge >= 0.3 is 6.61 Å². The first-order valence-corrected chi connectivity index (χ1v) is 7.22. The Morgan fingerprint density at radius 3 is 2.50 bits per heavy atom. The van der Waals surface area contributed by atoms with E-state index in [9.17, 15) is 18.0 Å². The quantitative estimate of drug-likeness (QED) is 0.801. The molecule has 0 aromatic heterocycles. The maximum absolute atomic E-state index is 12.7. The summed E-state index contributed by atoms with van der Waals surface area (Å²) in [6.07, 6.45) is 0.0786. The second-order valence-corrected chi connectivity index (χ2v) is 4.82. The van der Waals surface area contributed by atoms with E-state index in [1.165, 1.54) is 30.3 Å². The Labute approximate surface area is 137 Å². The first kappa shape index (κ1) is 17.7. The van der Waals surface area contributed by atoms with Gasteiger partial charge in [0.05, 0.1) is 13.0 Å². The number of rotatable bonds is 8. The second kappa shape index (κ2) is 8.81. The number of amides is 1. The van der Waals surface area contributed by atoms with E-state index in [2.05, 4.69) is 10.1 Å². The van der Waals surface area contributed by atoms with Gasteiger partial charge in [0.1, 0.15) is 17.3 Å². The minimum atomic E-state index is -2.93. The molecule has 0 bridgehead atoms. The first-order valence-electron chi connectivity index (χ1n) is 7.22. The van der Waals surface area contributed by atoms with Crippen LogP contribution in [0.1, 0.15) is 12.0 Å². The second-order valence-electron chi connectivity index (χ2n) is 4.82. The smallest absolute Gasteiger partial charge is 0.387 e. The molecule has 2 aromatic carbocycles. The molecule has 0 saturated carbocycles. The fraction of sp³-hybridized carbons (Fsp3) is 0.235. The third-order valence-corrected chi connectivity index (χ3v) is 3.08. The fourth-order valence-electron chi connectivity index (χ4n) is 1.94. The predicted octanol–water partition coefficient (Wildman–Crippen LogP) is 3.51. The molecule has 1 N–H and O–H groups in total. The zero-order valence-electron chi connectivity index (χ0n) is 12.7. The molecule has 0 fully saturated rings. The molecule has 0 radical (unpaired) electrons. The number of carbonyl (C=O) groups is 1. The van der Waals surface area contributed by atoms with Crippen LogP contribution in [-0.2, 0) is 11.3 Å². The van der Waals surface area contributed by atoms with Crippen LogP contribution in [0.5, 0.6) is 11.5 Å². The van der Waals surface area contributed by atoms with Gasteiger partial charge in [-0.2, -0.15) is 8.78 Å². The van der Waals surface area contributed by atoms with Crippen molar-refractivity contribution in [2.45, 2.75) is 19.6 Å². The number of benzene rings is 2. The van der Waals surface area contributed by atoms with Gasteiger partial charge in [-0.3, -0.25) is 4.79 Å². The molecule has 0 aliphatic rings. The molecular formula is C17H16F3NO3. The van der Waals surface area contributed by atoms with E-state index in [-0.39, 0.29) is 37.0 Å². The van der Waals surface area contributed by atoms with E-state index in [4.69, 9.17) is 4.74 Å². The fourth-order valence-corrected chi connectivity index (χ4v) is 1.94. The third-order valence-electron chi connectivity index (χ3n) is 3.08. The minimum Gasteiger partial charge on any atom is -0.493 e. The van der Waals surface area contributed by atoms with E-state index in [0.717, 1.165) is 0 Å². The van der Waals surface area contributed by atoms with E-state index < -0.39 is 6.61 Å². The van der Waals surface area contributed by atoms with Gasteiger partial charge in [-0.15, -0.1) is 0 Å². The van der Waals surface area contributed by atoms with Gasteiger partial charge in [0.2, 0.25) is 5.91 Å². The van der Waals surface area contributed by atoms with Crippen molar-refractivity contribution in [2.75, 3.05) is 6.61 Å². The average Bonchev–Trinajstić information content (AvgIpc) is 2.55. The molecule has 0 spiro atoms. The zero-order chi connectivity index (χ0) is 17.4. The minimum absolute atomic E-state index is 0.0235. The predicted molar refractivity (Wildman–Crippen MR) is 81.4 cm³/mol. The Bertz CT molecular complexity index is 662. The molecule has 0 unspecified atom stereocenters. The summed E-state index contributed by atoms with van der Waals surface area (Å²) >= 11 is 0. The van der Waals surface area contributed by atoms with Gasteiger partial charge in [-0.25, -0.2) is 4.39 Å². The van der Waals surface area contributed by atoms with Crippen molar-refractivity contribution in [1.29, 1.82) is 0 Å². The van der Waals surface area contributed by atoms with Gasteiger partial charge in [0.15, 0.2) is 0 Å². The lowest BCUT2D eigenvalue weighted by Gasteiger charge is -2.11. The summed E-state index contributed by atoms with van der Waals surface area (Å²) in [6, 6.07) is 11.7. The summed E-state index contributed by atoms with van der Waals surface area (Å²) in [4.78, 5) is 11.8. The van der Waals surface area contributed by atoms with Crippen molar-refractivity contribution in [3.8, 4) is 11.5 Å². The van der Waals surface area contributed by atoms with Crippen LogP contribution < -0.4 is 14.8 Å². The highest BCUT2D eigenvalue weighted by atomic mass is 19.3. The number of halogens is 3. The van der Waals surface area contributed by atoms with Crippen LogP contribution in [0.4, 0.5) is 13.2 Å². The Morgan fingerprint density at radius 1 is 1.08 bits per heavy atom. The van der Waals surface area contributed by atoms with Crippen LogP contribution in [0, 0.1) is 5.82 Å². The van der Waals surface area contributed by atoms with Crippen molar-refractivity contribution in [3.63, 3.8) is 0 Å². The van der Waals surface area contributed by atoms with E-state index in [0.29, 0.717) is 11.3 Å². The number of carbonyl (C=O) groups excluding carboxylic acids is 1. The van der Waals surface area contributed by atoms with Crippen molar-refractivity contribution >= 4 is 5.91 Å². The van der Waals surface area contributed by atoms with Gasteiger partial charge in [0, 0.05) is 12.1 Å². The highest BCUT2D eigenvalue weighted by Gasteiger charge is 2.10. The molecular weight excluding hydrogens is 323 g/mol. The molecule has 0 atom stereocenters. The number of alkyl halides is 2. The first-order chi connectivity index (χ1) is 11.5. The van der Waals surface area contributed by atoms with Crippen molar-refractivity contribution in [1.82, 2.24) is 5.32 Å². The molecule has 1 amide bonds. The average molecular weight is 339 g/mol. The molecule has 24 heavy (non-hydrogen) atoms. The van der Waals surface area contributed by atoms with Crippen molar-refractivity contribution < 1.29 is 27.4 Å². The van der Waals surface area contributed by atoms with E-state index in [1.54, 1.807) is 18.2 Å². The monoisotopic (exact) mass is 339 g/mol. The number of para-hydroxylation sites is 1. The number of ether oxygens (including phenoxy) is 2. The maximum atomic E-state index is 12.7.